The fourth-order valence-corrected chi connectivity index (χ4v) is 3.57. The minimum absolute atomic E-state index is 0.455. The van der Waals surface area contributed by atoms with Crippen molar-refractivity contribution in [2.45, 2.75) is 20.5 Å². The maximum atomic E-state index is 11.2. The van der Waals surface area contributed by atoms with Crippen molar-refractivity contribution in [1.29, 1.82) is 0 Å². The number of thiazole rings is 1. The van der Waals surface area contributed by atoms with Gasteiger partial charge >= 0.3 is 0 Å². The van der Waals surface area contributed by atoms with E-state index in [1.165, 1.54) is 6.08 Å². The van der Waals surface area contributed by atoms with Crippen LogP contribution in [0.2, 0.25) is 0 Å². The van der Waals surface area contributed by atoms with Gasteiger partial charge < -0.3 is 10.5 Å². The summed E-state index contributed by atoms with van der Waals surface area (Å²) in [6, 6.07) is 15.9. The van der Waals surface area contributed by atoms with Crippen LogP contribution in [-0.2, 0) is 11.4 Å². The van der Waals surface area contributed by atoms with E-state index in [4.69, 9.17) is 10.5 Å². The Hall–Kier alpha value is -2.92. The highest BCUT2D eigenvalue weighted by Crippen LogP contribution is 2.33. The molecule has 4 nitrogen and oxygen atoms in total. The van der Waals surface area contributed by atoms with Gasteiger partial charge in [-0.3, -0.25) is 4.79 Å². The zero-order valence-electron chi connectivity index (χ0n) is 14.7. The van der Waals surface area contributed by atoms with Crippen molar-refractivity contribution in [3.05, 3.63) is 76.4 Å². The average Bonchev–Trinajstić information content (AvgIpc) is 2.97. The molecule has 0 spiro atoms. The number of amides is 1. The molecule has 26 heavy (non-hydrogen) atoms. The van der Waals surface area contributed by atoms with Crippen molar-refractivity contribution in [3.63, 3.8) is 0 Å². The van der Waals surface area contributed by atoms with Crippen LogP contribution in [0.15, 0.2) is 54.6 Å². The average molecular weight is 364 g/mol. The molecule has 3 aromatic rings. The van der Waals surface area contributed by atoms with E-state index < -0.39 is 5.91 Å². The smallest absolute Gasteiger partial charge is 0.241 e. The molecule has 1 aromatic heterocycles. The minimum atomic E-state index is -0.491. The van der Waals surface area contributed by atoms with Crippen molar-refractivity contribution in [1.82, 2.24) is 4.98 Å². The Kier molecular flexibility index (Phi) is 5.49. The van der Waals surface area contributed by atoms with Crippen LogP contribution in [-0.4, -0.2) is 10.9 Å². The van der Waals surface area contributed by atoms with E-state index in [2.05, 4.69) is 4.98 Å². The number of hydrogen-bond donors (Lipinski definition) is 1. The van der Waals surface area contributed by atoms with E-state index in [1.807, 2.05) is 62.4 Å². The number of hydrogen-bond acceptors (Lipinski definition) is 4. The molecule has 3 rings (SSSR count). The zero-order valence-corrected chi connectivity index (χ0v) is 15.5. The van der Waals surface area contributed by atoms with Crippen LogP contribution in [0.4, 0.5) is 0 Å². The molecule has 0 saturated heterocycles. The normalized spacial score (nSPS) is 11.0. The standard InChI is InChI=1S/C21H20N2O2S/c1-14-21(26-15(2)23-14)18-8-10-19(17(12-18)9-11-20(22)24)25-13-16-6-4-3-5-7-16/h3-12H,13H2,1-2H3,(H2,22,24)/b11-9+. The quantitative estimate of drug-likeness (QED) is 0.655. The Morgan fingerprint density at radius 3 is 2.62 bits per heavy atom. The first-order valence-corrected chi connectivity index (χ1v) is 9.07. The third-order valence-corrected chi connectivity index (χ3v) is 4.96. The van der Waals surface area contributed by atoms with E-state index in [-0.39, 0.29) is 0 Å². The van der Waals surface area contributed by atoms with Gasteiger partial charge in [-0.15, -0.1) is 11.3 Å². The molecule has 2 N–H and O–H groups in total. The lowest BCUT2D eigenvalue weighted by atomic mass is 10.1. The summed E-state index contributed by atoms with van der Waals surface area (Å²) in [6.45, 7) is 4.44. The molecule has 1 amide bonds. The molecule has 132 valence electrons. The van der Waals surface area contributed by atoms with Gasteiger partial charge in [0.1, 0.15) is 12.4 Å². The lowest BCUT2D eigenvalue weighted by Crippen LogP contribution is -2.05. The number of rotatable bonds is 6. The van der Waals surface area contributed by atoms with Crippen LogP contribution in [0, 0.1) is 13.8 Å². The van der Waals surface area contributed by atoms with Crippen LogP contribution in [0.1, 0.15) is 21.8 Å². The third-order valence-electron chi connectivity index (χ3n) is 3.84. The number of carbonyl (C=O) groups is 1. The SMILES string of the molecule is Cc1nc(C)c(-c2ccc(OCc3ccccc3)c(/C=C/C(N)=O)c2)s1. The molecule has 0 radical (unpaired) electrons. The number of primary amides is 1. The van der Waals surface area contributed by atoms with E-state index in [0.29, 0.717) is 12.4 Å². The first-order valence-electron chi connectivity index (χ1n) is 8.25. The minimum Gasteiger partial charge on any atom is -0.488 e. The molecule has 1 heterocycles. The van der Waals surface area contributed by atoms with E-state index >= 15 is 0 Å². The van der Waals surface area contributed by atoms with Gasteiger partial charge in [-0.05, 0) is 49.2 Å². The molecule has 0 unspecified atom stereocenters. The van der Waals surface area contributed by atoms with Crippen molar-refractivity contribution in [2.75, 3.05) is 0 Å². The number of aryl methyl sites for hydroxylation is 2. The number of carbonyl (C=O) groups excluding carboxylic acids is 1. The number of aromatic nitrogens is 1. The fraction of sp³-hybridized carbons (Fsp3) is 0.143. The third kappa shape index (κ3) is 4.37. The maximum absolute atomic E-state index is 11.2. The summed E-state index contributed by atoms with van der Waals surface area (Å²) in [5.74, 6) is 0.211. The Morgan fingerprint density at radius 1 is 1.19 bits per heavy atom. The Morgan fingerprint density at radius 2 is 1.96 bits per heavy atom. The fourth-order valence-electron chi connectivity index (χ4n) is 2.66. The van der Waals surface area contributed by atoms with Gasteiger partial charge in [-0.25, -0.2) is 4.98 Å². The van der Waals surface area contributed by atoms with Crippen molar-refractivity contribution in [2.24, 2.45) is 5.73 Å². The van der Waals surface area contributed by atoms with Crippen LogP contribution in [0.25, 0.3) is 16.5 Å². The van der Waals surface area contributed by atoms with Gasteiger partial charge in [0.05, 0.1) is 15.6 Å². The Bertz CT molecular complexity index is 946. The van der Waals surface area contributed by atoms with Crippen LogP contribution >= 0.6 is 11.3 Å². The summed E-state index contributed by atoms with van der Waals surface area (Å²) in [4.78, 5) is 16.8. The van der Waals surface area contributed by atoms with Gasteiger partial charge in [0.25, 0.3) is 0 Å². The summed E-state index contributed by atoms with van der Waals surface area (Å²) in [5.41, 5.74) is 9.19. The predicted octanol–water partition coefficient (Wildman–Crippen LogP) is 4.50. The molecule has 2 aromatic carbocycles. The first kappa shape index (κ1) is 17.9. The topological polar surface area (TPSA) is 65.2 Å². The second kappa shape index (κ2) is 7.97. The molecule has 5 heteroatoms. The van der Waals surface area contributed by atoms with Gasteiger partial charge in [0.2, 0.25) is 5.91 Å². The van der Waals surface area contributed by atoms with Crippen LogP contribution in [0.5, 0.6) is 5.75 Å². The monoisotopic (exact) mass is 364 g/mol. The van der Waals surface area contributed by atoms with Gasteiger partial charge in [0, 0.05) is 11.6 Å². The Labute approximate surface area is 157 Å². The highest BCUT2D eigenvalue weighted by Gasteiger charge is 2.11. The molecule has 0 bridgehead atoms. The van der Waals surface area contributed by atoms with Crippen LogP contribution < -0.4 is 10.5 Å². The summed E-state index contributed by atoms with van der Waals surface area (Å²) in [7, 11) is 0. The maximum Gasteiger partial charge on any atom is 0.241 e. The van der Waals surface area contributed by atoms with Gasteiger partial charge in [0.15, 0.2) is 0 Å². The Balaban J connectivity index is 1.93. The summed E-state index contributed by atoms with van der Waals surface area (Å²) in [6.07, 6.45) is 3.04. The molecule has 0 aliphatic rings. The first-order chi connectivity index (χ1) is 12.5. The molecular formula is C21H20N2O2S. The number of nitrogens with two attached hydrogens (primary N) is 1. The van der Waals surface area contributed by atoms with Gasteiger partial charge in [-0.1, -0.05) is 30.3 Å². The van der Waals surface area contributed by atoms with Crippen molar-refractivity contribution >= 4 is 23.3 Å². The highest BCUT2D eigenvalue weighted by molar-refractivity contribution is 7.15. The lowest BCUT2D eigenvalue weighted by Gasteiger charge is -2.11. The summed E-state index contributed by atoms with van der Waals surface area (Å²) >= 11 is 1.65. The lowest BCUT2D eigenvalue weighted by molar-refractivity contribution is -0.113. The van der Waals surface area contributed by atoms with E-state index in [9.17, 15) is 4.79 Å². The molecule has 0 aliphatic heterocycles. The largest absolute Gasteiger partial charge is 0.488 e. The van der Waals surface area contributed by atoms with Crippen molar-refractivity contribution in [3.8, 4) is 16.2 Å². The molecule has 0 aliphatic carbocycles. The second-order valence-corrected chi connectivity index (χ2v) is 7.11. The van der Waals surface area contributed by atoms with Crippen LogP contribution in [0.3, 0.4) is 0 Å². The highest BCUT2D eigenvalue weighted by atomic mass is 32.1. The molecule has 0 atom stereocenters. The van der Waals surface area contributed by atoms with E-state index in [1.54, 1.807) is 17.4 Å². The summed E-state index contributed by atoms with van der Waals surface area (Å²) in [5, 5.41) is 1.02. The number of ether oxygens (including phenoxy) is 1. The molecule has 0 saturated carbocycles. The number of benzene rings is 2. The van der Waals surface area contributed by atoms with Crippen molar-refractivity contribution < 1.29 is 9.53 Å². The number of nitrogens with zero attached hydrogens (tertiary/aromatic N) is 1. The summed E-state index contributed by atoms with van der Waals surface area (Å²) < 4.78 is 5.97. The molecular weight excluding hydrogens is 344 g/mol. The predicted molar refractivity (Wildman–Crippen MR) is 106 cm³/mol. The molecule has 0 fully saturated rings. The second-order valence-electron chi connectivity index (χ2n) is 5.91. The zero-order chi connectivity index (χ0) is 18.5. The van der Waals surface area contributed by atoms with Gasteiger partial charge in [-0.2, -0.15) is 0 Å². The van der Waals surface area contributed by atoms with E-state index in [0.717, 1.165) is 32.3 Å².